The zero-order valence-electron chi connectivity index (χ0n) is 11.0. The molecule has 0 fully saturated rings. The van der Waals surface area contributed by atoms with Gasteiger partial charge >= 0.3 is 5.97 Å². The van der Waals surface area contributed by atoms with Crippen molar-refractivity contribution in [3.8, 4) is 0 Å². The Morgan fingerprint density at radius 3 is 2.84 bits per heavy atom. The average molecular weight is 276 g/mol. The summed E-state index contributed by atoms with van der Waals surface area (Å²) in [7, 11) is 2.00. The fraction of sp³-hybridized carbons (Fsp3) is 0.286. The monoisotopic (exact) mass is 276 g/mol. The van der Waals surface area contributed by atoms with Crippen LogP contribution in [-0.4, -0.2) is 28.0 Å². The van der Waals surface area contributed by atoms with Gasteiger partial charge in [-0.3, -0.25) is 4.90 Å². The lowest BCUT2D eigenvalue weighted by Crippen LogP contribution is -2.17. The lowest BCUT2D eigenvalue weighted by atomic mass is 10.1. The van der Waals surface area contributed by atoms with Crippen molar-refractivity contribution in [1.29, 1.82) is 0 Å². The van der Waals surface area contributed by atoms with Gasteiger partial charge in [-0.25, -0.2) is 9.78 Å². The van der Waals surface area contributed by atoms with Crippen LogP contribution < -0.4 is 0 Å². The molecule has 100 valence electrons. The Morgan fingerprint density at radius 1 is 1.42 bits per heavy atom. The summed E-state index contributed by atoms with van der Waals surface area (Å²) in [5.41, 5.74) is 3.29. The fourth-order valence-corrected chi connectivity index (χ4v) is 2.58. The number of aromatic nitrogens is 1. The lowest BCUT2D eigenvalue weighted by Gasteiger charge is -2.15. The molecule has 0 saturated heterocycles. The van der Waals surface area contributed by atoms with Crippen LogP contribution in [0.3, 0.4) is 0 Å². The maximum absolute atomic E-state index is 10.8. The molecule has 2 aromatic rings. The predicted molar refractivity (Wildman–Crippen MR) is 75.4 cm³/mol. The van der Waals surface area contributed by atoms with Crippen molar-refractivity contribution in [3.63, 3.8) is 0 Å². The van der Waals surface area contributed by atoms with Gasteiger partial charge in [-0.15, -0.1) is 11.3 Å². The molecule has 0 bridgehead atoms. The highest BCUT2D eigenvalue weighted by atomic mass is 32.1. The van der Waals surface area contributed by atoms with Crippen LogP contribution in [0.25, 0.3) is 0 Å². The van der Waals surface area contributed by atoms with Gasteiger partial charge in [-0.2, -0.15) is 0 Å². The number of nitrogens with zero attached hydrogens (tertiary/aromatic N) is 2. The highest BCUT2D eigenvalue weighted by Gasteiger charge is 2.10. The highest BCUT2D eigenvalue weighted by molar-refractivity contribution is 7.11. The second-order valence-corrected chi connectivity index (χ2v) is 5.47. The number of thiazole rings is 1. The van der Waals surface area contributed by atoms with Crippen LogP contribution in [0.5, 0.6) is 0 Å². The van der Waals surface area contributed by atoms with Crippen LogP contribution >= 0.6 is 11.3 Å². The Balaban J connectivity index is 1.97. The molecular formula is C14H16N2O2S. The Labute approximate surface area is 116 Å². The smallest absolute Gasteiger partial charge is 0.365 e. The quantitative estimate of drug-likeness (QED) is 0.912. The van der Waals surface area contributed by atoms with Crippen LogP contribution in [0.1, 0.15) is 26.6 Å². The lowest BCUT2D eigenvalue weighted by molar-refractivity contribution is 0.0696. The molecule has 0 saturated carbocycles. The number of carbonyl (C=O) groups is 1. The van der Waals surface area contributed by atoms with Gasteiger partial charge in [-0.1, -0.05) is 29.8 Å². The van der Waals surface area contributed by atoms with Gasteiger partial charge in [0.05, 0.1) is 5.69 Å². The van der Waals surface area contributed by atoms with E-state index >= 15 is 0 Å². The Hall–Kier alpha value is -1.72. The number of carboxylic acids is 1. The Bertz CT molecular complexity index is 580. The Kier molecular flexibility index (Phi) is 4.29. The molecule has 4 nitrogen and oxygen atoms in total. The first-order valence-corrected chi connectivity index (χ1v) is 6.84. The zero-order valence-corrected chi connectivity index (χ0v) is 11.8. The van der Waals surface area contributed by atoms with E-state index < -0.39 is 5.97 Å². The largest absolute Gasteiger partial charge is 0.476 e. The van der Waals surface area contributed by atoms with Crippen LogP contribution in [-0.2, 0) is 13.1 Å². The first kappa shape index (κ1) is 13.7. The van der Waals surface area contributed by atoms with Gasteiger partial charge in [0.2, 0.25) is 5.01 Å². The first-order valence-electron chi connectivity index (χ1n) is 5.96. The van der Waals surface area contributed by atoms with Crippen molar-refractivity contribution < 1.29 is 9.90 Å². The van der Waals surface area contributed by atoms with E-state index in [2.05, 4.69) is 35.0 Å². The summed E-state index contributed by atoms with van der Waals surface area (Å²) >= 11 is 1.17. The molecule has 0 aliphatic rings. The number of carboxylic acid groups (broad SMARTS) is 1. The number of aryl methyl sites for hydroxylation is 1. The highest BCUT2D eigenvalue weighted by Crippen LogP contribution is 2.13. The molecule has 0 spiro atoms. The molecule has 1 aromatic heterocycles. The van der Waals surface area contributed by atoms with E-state index in [0.29, 0.717) is 6.54 Å². The van der Waals surface area contributed by atoms with Gasteiger partial charge in [0.15, 0.2) is 0 Å². The molecule has 2 rings (SSSR count). The summed E-state index contributed by atoms with van der Waals surface area (Å²) < 4.78 is 0. The molecule has 0 amide bonds. The summed E-state index contributed by atoms with van der Waals surface area (Å²) in [6.07, 6.45) is 0. The topological polar surface area (TPSA) is 53.4 Å². The van der Waals surface area contributed by atoms with E-state index in [0.717, 1.165) is 12.2 Å². The van der Waals surface area contributed by atoms with Crippen LogP contribution in [0.15, 0.2) is 29.6 Å². The van der Waals surface area contributed by atoms with Crippen molar-refractivity contribution in [2.24, 2.45) is 0 Å². The maximum atomic E-state index is 10.8. The zero-order chi connectivity index (χ0) is 13.8. The molecule has 0 aliphatic carbocycles. The number of hydrogen-bond donors (Lipinski definition) is 1. The number of aromatic carboxylic acids is 1. The van der Waals surface area contributed by atoms with Crippen LogP contribution in [0.4, 0.5) is 0 Å². The summed E-state index contributed by atoms with van der Waals surface area (Å²) in [6, 6.07) is 8.36. The van der Waals surface area contributed by atoms with Gasteiger partial charge < -0.3 is 5.11 Å². The summed E-state index contributed by atoms with van der Waals surface area (Å²) in [6.45, 7) is 3.54. The minimum Gasteiger partial charge on any atom is -0.476 e. The fourth-order valence-electron chi connectivity index (χ4n) is 1.93. The summed E-state index contributed by atoms with van der Waals surface area (Å²) in [5, 5.41) is 10.8. The van der Waals surface area contributed by atoms with Crippen molar-refractivity contribution in [2.75, 3.05) is 7.05 Å². The maximum Gasteiger partial charge on any atom is 0.365 e. The first-order chi connectivity index (χ1) is 9.04. The van der Waals surface area contributed by atoms with E-state index in [1.807, 2.05) is 13.1 Å². The Morgan fingerprint density at radius 2 is 2.21 bits per heavy atom. The molecule has 0 atom stereocenters. The number of rotatable bonds is 5. The molecule has 5 heteroatoms. The van der Waals surface area contributed by atoms with Gasteiger partial charge in [-0.05, 0) is 19.5 Å². The molecule has 0 unspecified atom stereocenters. The van der Waals surface area contributed by atoms with Crippen molar-refractivity contribution in [3.05, 3.63) is 51.5 Å². The molecule has 1 heterocycles. The molecule has 0 aliphatic heterocycles. The second-order valence-electron chi connectivity index (χ2n) is 4.61. The number of hydrogen-bond acceptors (Lipinski definition) is 4. The number of benzene rings is 1. The van der Waals surface area contributed by atoms with Crippen molar-refractivity contribution >= 4 is 17.3 Å². The van der Waals surface area contributed by atoms with E-state index in [1.54, 1.807) is 5.38 Å². The molecule has 0 radical (unpaired) electrons. The third kappa shape index (κ3) is 3.87. The predicted octanol–water partition coefficient (Wildman–Crippen LogP) is 2.78. The molecular weight excluding hydrogens is 260 g/mol. The van der Waals surface area contributed by atoms with Crippen molar-refractivity contribution in [2.45, 2.75) is 20.0 Å². The van der Waals surface area contributed by atoms with E-state index in [4.69, 9.17) is 5.11 Å². The van der Waals surface area contributed by atoms with Gasteiger partial charge in [0, 0.05) is 18.5 Å². The standard InChI is InChI=1S/C14H16N2O2S/c1-10-4-3-5-11(6-10)7-16(2)8-12-9-19-13(15-12)14(17)18/h3-6,9H,7-8H2,1-2H3,(H,17,18). The summed E-state index contributed by atoms with van der Waals surface area (Å²) in [5.74, 6) is -0.961. The minimum absolute atomic E-state index is 0.152. The third-order valence-corrected chi connectivity index (χ3v) is 3.58. The SMILES string of the molecule is Cc1cccc(CN(C)Cc2csc(C(=O)O)n2)c1. The van der Waals surface area contributed by atoms with Gasteiger partial charge in [0.25, 0.3) is 0 Å². The third-order valence-electron chi connectivity index (χ3n) is 2.70. The molecule has 1 aromatic carbocycles. The normalized spacial score (nSPS) is 10.9. The molecule has 1 N–H and O–H groups in total. The minimum atomic E-state index is -0.961. The van der Waals surface area contributed by atoms with Crippen LogP contribution in [0, 0.1) is 6.92 Å². The second kappa shape index (κ2) is 5.95. The molecule has 19 heavy (non-hydrogen) atoms. The summed E-state index contributed by atoms with van der Waals surface area (Å²) in [4.78, 5) is 17.0. The average Bonchev–Trinajstić information content (AvgIpc) is 2.77. The van der Waals surface area contributed by atoms with Crippen molar-refractivity contribution in [1.82, 2.24) is 9.88 Å². The van der Waals surface area contributed by atoms with Crippen LogP contribution in [0.2, 0.25) is 0 Å². The van der Waals surface area contributed by atoms with Gasteiger partial charge in [0.1, 0.15) is 0 Å². The van der Waals surface area contributed by atoms with E-state index in [9.17, 15) is 4.79 Å². The van der Waals surface area contributed by atoms with E-state index in [1.165, 1.54) is 22.5 Å². The van der Waals surface area contributed by atoms with E-state index in [-0.39, 0.29) is 5.01 Å².